The number of hydrogen-bond acceptors (Lipinski definition) is 6. The maximum atomic E-state index is 11.1. The summed E-state index contributed by atoms with van der Waals surface area (Å²) in [5.41, 5.74) is 9.57. The molecule has 5 rings (SSSR count). The van der Waals surface area contributed by atoms with Crippen LogP contribution in [-0.2, 0) is 4.74 Å². The third-order valence-electron chi connectivity index (χ3n) is 8.03. The summed E-state index contributed by atoms with van der Waals surface area (Å²) in [6.07, 6.45) is 25.1. The van der Waals surface area contributed by atoms with Gasteiger partial charge in [0.2, 0.25) is 0 Å². The van der Waals surface area contributed by atoms with Crippen LogP contribution in [0, 0.1) is 23.2 Å². The largest absolute Gasteiger partial charge is 0.375 e. The Balaban J connectivity index is 1.42. The SMILES string of the molecule is C/C(C1=CCNN1C1=CCC(C#N)C=C1)=C(/C)C1(NC2=CC(C3C=CC=CC3)=CCC2)CCOC1O. The number of hydrogen-bond donors (Lipinski definition) is 3. The molecule has 4 unspecified atom stereocenters. The average Bonchev–Trinajstić information content (AvgIpc) is 3.56. The van der Waals surface area contributed by atoms with Gasteiger partial charge >= 0.3 is 0 Å². The van der Waals surface area contributed by atoms with E-state index in [9.17, 15) is 10.4 Å². The molecule has 3 aliphatic carbocycles. The number of nitrogens with zero attached hydrogens (tertiary/aromatic N) is 2. The van der Waals surface area contributed by atoms with Gasteiger partial charge in [0.1, 0.15) is 5.54 Å². The van der Waals surface area contributed by atoms with Crippen molar-refractivity contribution < 1.29 is 9.84 Å². The molecule has 36 heavy (non-hydrogen) atoms. The highest BCUT2D eigenvalue weighted by Gasteiger charge is 2.46. The third kappa shape index (κ3) is 4.67. The molecule has 1 fully saturated rings. The monoisotopic (exact) mass is 484 g/mol. The molecule has 4 atom stereocenters. The number of aliphatic hydroxyl groups is 1. The third-order valence-corrected chi connectivity index (χ3v) is 8.03. The summed E-state index contributed by atoms with van der Waals surface area (Å²) >= 11 is 0. The Hall–Kier alpha value is -3.11. The van der Waals surface area contributed by atoms with Crippen molar-refractivity contribution in [1.29, 1.82) is 5.26 Å². The van der Waals surface area contributed by atoms with Gasteiger partial charge in [-0.1, -0.05) is 42.5 Å². The first-order chi connectivity index (χ1) is 17.5. The van der Waals surface area contributed by atoms with E-state index in [1.807, 2.05) is 12.2 Å². The lowest BCUT2D eigenvalue weighted by atomic mass is 9.82. The van der Waals surface area contributed by atoms with Crippen molar-refractivity contribution in [3.63, 3.8) is 0 Å². The van der Waals surface area contributed by atoms with Crippen molar-refractivity contribution in [3.05, 3.63) is 94.6 Å². The van der Waals surface area contributed by atoms with Crippen LogP contribution in [0.15, 0.2) is 94.6 Å². The molecular formula is C30H36N4O2. The van der Waals surface area contributed by atoms with Gasteiger partial charge < -0.3 is 15.2 Å². The topological polar surface area (TPSA) is 80.6 Å². The van der Waals surface area contributed by atoms with Gasteiger partial charge in [0.15, 0.2) is 6.29 Å². The minimum atomic E-state index is -0.922. The van der Waals surface area contributed by atoms with Crippen molar-refractivity contribution in [2.24, 2.45) is 11.8 Å². The molecule has 0 saturated carbocycles. The molecule has 2 aliphatic heterocycles. The number of rotatable bonds is 6. The maximum Gasteiger partial charge on any atom is 0.181 e. The Bertz CT molecular complexity index is 1180. The van der Waals surface area contributed by atoms with Gasteiger partial charge in [-0.3, -0.25) is 5.01 Å². The van der Waals surface area contributed by atoms with Crippen LogP contribution in [0.1, 0.15) is 46.0 Å². The van der Waals surface area contributed by atoms with Crippen LogP contribution in [0.4, 0.5) is 0 Å². The molecule has 3 N–H and O–H groups in total. The quantitative estimate of drug-likeness (QED) is 0.502. The number of nitrogens with one attached hydrogen (secondary N) is 2. The number of ether oxygens (including phenoxy) is 1. The Morgan fingerprint density at radius 3 is 2.81 bits per heavy atom. The van der Waals surface area contributed by atoms with Crippen LogP contribution in [0.5, 0.6) is 0 Å². The first-order valence-corrected chi connectivity index (χ1v) is 13.0. The molecule has 6 nitrogen and oxygen atoms in total. The molecule has 188 valence electrons. The van der Waals surface area contributed by atoms with Crippen molar-refractivity contribution in [2.45, 2.75) is 57.8 Å². The van der Waals surface area contributed by atoms with E-state index in [0.717, 1.165) is 54.0 Å². The first kappa shape index (κ1) is 24.6. The Labute approximate surface area is 214 Å². The second-order valence-electron chi connectivity index (χ2n) is 10.1. The molecule has 0 aromatic carbocycles. The van der Waals surface area contributed by atoms with Crippen LogP contribution in [0.25, 0.3) is 0 Å². The summed E-state index contributed by atoms with van der Waals surface area (Å²) in [4.78, 5) is 0. The fraction of sp³-hybridized carbons (Fsp3) is 0.433. The van der Waals surface area contributed by atoms with E-state index in [0.29, 0.717) is 25.4 Å². The molecule has 0 radical (unpaired) electrons. The summed E-state index contributed by atoms with van der Waals surface area (Å²) in [5, 5.41) is 26.2. The molecule has 6 heteroatoms. The standard InChI is InChI=1S/C30H36N4O2/c1-21(28-15-17-32-34(28)27-13-11-23(20-31)12-14-27)22(2)30(16-18-36-29(30)35)33-26-10-6-9-25(19-26)24-7-4-3-5-8-24/h3-5,7,9,11,13-15,19,23-24,29,32-33,35H,6,8,10,12,16-18H2,1-2H3/b22-21+. The zero-order valence-electron chi connectivity index (χ0n) is 21.2. The Morgan fingerprint density at radius 2 is 2.11 bits per heavy atom. The minimum Gasteiger partial charge on any atom is -0.375 e. The lowest BCUT2D eigenvalue weighted by Crippen LogP contribution is -2.53. The average molecular weight is 485 g/mol. The fourth-order valence-corrected chi connectivity index (χ4v) is 5.74. The highest BCUT2D eigenvalue weighted by molar-refractivity contribution is 5.44. The van der Waals surface area contributed by atoms with Crippen molar-refractivity contribution >= 4 is 0 Å². The van der Waals surface area contributed by atoms with Crippen LogP contribution in [0.3, 0.4) is 0 Å². The van der Waals surface area contributed by atoms with Gasteiger partial charge in [0.05, 0.1) is 30.0 Å². The van der Waals surface area contributed by atoms with Crippen LogP contribution >= 0.6 is 0 Å². The number of nitriles is 1. The van der Waals surface area contributed by atoms with E-state index in [1.54, 1.807) is 0 Å². The van der Waals surface area contributed by atoms with Crippen LogP contribution in [0.2, 0.25) is 0 Å². The van der Waals surface area contributed by atoms with Crippen LogP contribution in [-0.4, -0.2) is 35.1 Å². The summed E-state index contributed by atoms with van der Waals surface area (Å²) in [5.74, 6) is 0.343. The lowest BCUT2D eigenvalue weighted by Gasteiger charge is -2.38. The van der Waals surface area contributed by atoms with Gasteiger partial charge in [-0.2, -0.15) is 5.26 Å². The number of hydrazine groups is 1. The predicted octanol–water partition coefficient (Wildman–Crippen LogP) is 4.81. The molecule has 2 heterocycles. The minimum absolute atomic E-state index is 0.0664. The smallest absolute Gasteiger partial charge is 0.181 e. The summed E-state index contributed by atoms with van der Waals surface area (Å²) in [6, 6.07) is 2.32. The second-order valence-corrected chi connectivity index (χ2v) is 10.1. The van der Waals surface area contributed by atoms with E-state index in [-0.39, 0.29) is 5.92 Å². The summed E-state index contributed by atoms with van der Waals surface area (Å²) < 4.78 is 5.75. The number of aliphatic hydroxyl groups excluding tert-OH is 1. The predicted molar refractivity (Wildman–Crippen MR) is 141 cm³/mol. The molecule has 0 aromatic heterocycles. The van der Waals surface area contributed by atoms with Gasteiger partial charge in [0.25, 0.3) is 0 Å². The molecule has 1 saturated heterocycles. The van der Waals surface area contributed by atoms with Crippen molar-refractivity contribution in [3.8, 4) is 6.07 Å². The maximum absolute atomic E-state index is 11.1. The number of allylic oxidation sites excluding steroid dienone is 12. The van der Waals surface area contributed by atoms with Gasteiger partial charge in [-0.25, -0.2) is 5.43 Å². The van der Waals surface area contributed by atoms with E-state index in [2.05, 4.69) is 84.3 Å². The normalized spacial score (nSPS) is 32.4. The molecule has 0 bridgehead atoms. The highest BCUT2D eigenvalue weighted by Crippen LogP contribution is 2.39. The zero-order valence-corrected chi connectivity index (χ0v) is 21.2. The van der Waals surface area contributed by atoms with E-state index < -0.39 is 11.8 Å². The fourth-order valence-electron chi connectivity index (χ4n) is 5.74. The van der Waals surface area contributed by atoms with Gasteiger partial charge in [0, 0.05) is 24.6 Å². The second kappa shape index (κ2) is 10.5. The van der Waals surface area contributed by atoms with Crippen molar-refractivity contribution in [2.75, 3.05) is 13.2 Å². The lowest BCUT2D eigenvalue weighted by molar-refractivity contribution is -0.0887. The van der Waals surface area contributed by atoms with E-state index in [4.69, 9.17) is 4.74 Å². The van der Waals surface area contributed by atoms with Crippen LogP contribution < -0.4 is 10.7 Å². The Morgan fingerprint density at radius 1 is 1.22 bits per heavy atom. The van der Waals surface area contributed by atoms with E-state index >= 15 is 0 Å². The molecule has 5 aliphatic rings. The molecule has 0 spiro atoms. The van der Waals surface area contributed by atoms with E-state index in [1.165, 1.54) is 5.57 Å². The van der Waals surface area contributed by atoms with Crippen molar-refractivity contribution in [1.82, 2.24) is 15.8 Å². The molecule has 0 amide bonds. The zero-order chi connectivity index (χ0) is 25.1. The van der Waals surface area contributed by atoms with Gasteiger partial charge in [-0.15, -0.1) is 0 Å². The summed E-state index contributed by atoms with van der Waals surface area (Å²) in [7, 11) is 0. The Kier molecular flexibility index (Phi) is 7.15. The first-order valence-electron chi connectivity index (χ1n) is 13.0. The molecular weight excluding hydrogens is 448 g/mol. The summed E-state index contributed by atoms with van der Waals surface area (Å²) in [6.45, 7) is 5.48. The van der Waals surface area contributed by atoms with Gasteiger partial charge in [-0.05, 0) is 74.5 Å². The highest BCUT2D eigenvalue weighted by atomic mass is 16.6. The molecule has 0 aromatic rings.